The summed E-state index contributed by atoms with van der Waals surface area (Å²) in [5.74, 6) is -0.268. The Kier molecular flexibility index (Phi) is 4.77. The van der Waals surface area contributed by atoms with Gasteiger partial charge in [0.1, 0.15) is 5.82 Å². The summed E-state index contributed by atoms with van der Waals surface area (Å²) in [7, 11) is 0. The van der Waals surface area contributed by atoms with Crippen LogP contribution in [0, 0.1) is 5.82 Å². The van der Waals surface area contributed by atoms with Gasteiger partial charge in [0, 0.05) is 19.7 Å². The first-order valence-electron chi connectivity index (χ1n) is 6.96. The van der Waals surface area contributed by atoms with Crippen LogP contribution in [-0.4, -0.2) is 30.9 Å². The first kappa shape index (κ1) is 14.3. The van der Waals surface area contributed by atoms with Crippen LogP contribution in [0.3, 0.4) is 0 Å². The van der Waals surface area contributed by atoms with Crippen molar-refractivity contribution in [3.05, 3.63) is 29.6 Å². The lowest BCUT2D eigenvalue weighted by Crippen LogP contribution is -2.40. The normalized spacial score (nSPS) is 21.5. The topological polar surface area (TPSA) is 32.7 Å². The third-order valence-electron chi connectivity index (χ3n) is 3.58. The van der Waals surface area contributed by atoms with E-state index < -0.39 is 6.10 Å². The Labute approximate surface area is 114 Å². The summed E-state index contributed by atoms with van der Waals surface area (Å²) in [6, 6.07) is 4.96. The molecule has 2 atom stereocenters. The molecule has 3 nitrogen and oxygen atoms in total. The minimum atomic E-state index is -0.638. The molecule has 0 radical (unpaired) electrons. The van der Waals surface area contributed by atoms with Crippen LogP contribution in [0.5, 0.6) is 0 Å². The third-order valence-corrected chi connectivity index (χ3v) is 3.58. The van der Waals surface area contributed by atoms with Gasteiger partial charge >= 0.3 is 0 Å². The molecule has 1 aliphatic rings. The van der Waals surface area contributed by atoms with Gasteiger partial charge in [-0.25, -0.2) is 4.39 Å². The van der Waals surface area contributed by atoms with Gasteiger partial charge in [-0.2, -0.15) is 0 Å². The number of rotatable bonds is 4. The van der Waals surface area contributed by atoms with Crippen molar-refractivity contribution >= 4 is 5.69 Å². The van der Waals surface area contributed by atoms with Crippen LogP contribution in [0.2, 0.25) is 0 Å². The van der Waals surface area contributed by atoms with E-state index in [1.54, 1.807) is 19.1 Å². The average molecular weight is 267 g/mol. The Morgan fingerprint density at radius 2 is 2.32 bits per heavy atom. The molecule has 1 saturated heterocycles. The first-order chi connectivity index (χ1) is 9.11. The van der Waals surface area contributed by atoms with Gasteiger partial charge in [0.15, 0.2) is 0 Å². The number of piperidine rings is 1. The number of halogens is 1. The van der Waals surface area contributed by atoms with E-state index in [2.05, 4.69) is 0 Å². The lowest BCUT2D eigenvalue weighted by molar-refractivity contribution is 0.0525. The number of nitrogens with zero attached hydrogens (tertiary/aromatic N) is 1. The molecular formula is C15H22FNO2. The molecule has 0 spiro atoms. The molecule has 1 heterocycles. The molecule has 0 amide bonds. The van der Waals surface area contributed by atoms with E-state index in [0.717, 1.165) is 25.9 Å². The molecule has 106 valence electrons. The fraction of sp³-hybridized carbons (Fsp3) is 0.600. The van der Waals surface area contributed by atoms with Crippen LogP contribution in [0.4, 0.5) is 10.1 Å². The maximum absolute atomic E-state index is 14.1. The number of hydrogen-bond donors (Lipinski definition) is 1. The largest absolute Gasteiger partial charge is 0.389 e. The van der Waals surface area contributed by atoms with Crippen LogP contribution < -0.4 is 4.90 Å². The summed E-state index contributed by atoms with van der Waals surface area (Å²) >= 11 is 0. The summed E-state index contributed by atoms with van der Waals surface area (Å²) in [6.07, 6.45) is 1.61. The molecule has 0 saturated carbocycles. The summed E-state index contributed by atoms with van der Waals surface area (Å²) in [4.78, 5) is 2.03. The predicted molar refractivity (Wildman–Crippen MR) is 73.9 cm³/mol. The second-order valence-electron chi connectivity index (χ2n) is 5.05. The molecule has 0 bridgehead atoms. The Morgan fingerprint density at radius 3 is 2.95 bits per heavy atom. The second kappa shape index (κ2) is 6.35. The summed E-state index contributed by atoms with van der Waals surface area (Å²) < 4.78 is 19.7. The fourth-order valence-corrected chi connectivity index (χ4v) is 2.57. The first-order valence-corrected chi connectivity index (χ1v) is 6.96. The Morgan fingerprint density at radius 1 is 1.53 bits per heavy atom. The molecule has 0 aliphatic carbocycles. The third kappa shape index (κ3) is 3.45. The highest BCUT2D eigenvalue weighted by molar-refractivity contribution is 5.50. The number of hydrogen-bond acceptors (Lipinski definition) is 3. The van der Waals surface area contributed by atoms with E-state index in [1.165, 1.54) is 6.07 Å². The van der Waals surface area contributed by atoms with Crippen LogP contribution in [0.25, 0.3) is 0 Å². The summed E-state index contributed by atoms with van der Waals surface area (Å²) in [5.41, 5.74) is 1.22. The van der Waals surface area contributed by atoms with Crippen LogP contribution in [0.15, 0.2) is 18.2 Å². The van der Waals surface area contributed by atoms with E-state index in [4.69, 9.17) is 4.74 Å². The van der Waals surface area contributed by atoms with Gasteiger partial charge in [0.25, 0.3) is 0 Å². The maximum Gasteiger partial charge on any atom is 0.146 e. The van der Waals surface area contributed by atoms with Gasteiger partial charge in [-0.1, -0.05) is 6.07 Å². The minimum Gasteiger partial charge on any atom is -0.389 e. The van der Waals surface area contributed by atoms with Crippen molar-refractivity contribution in [1.82, 2.24) is 0 Å². The van der Waals surface area contributed by atoms with E-state index >= 15 is 0 Å². The van der Waals surface area contributed by atoms with Gasteiger partial charge in [-0.15, -0.1) is 0 Å². The SMILES string of the molecule is CCOC1CCCN(c2ccc([C@H](C)O)cc2F)C1. The molecule has 1 fully saturated rings. The quantitative estimate of drug-likeness (QED) is 0.910. The highest BCUT2D eigenvalue weighted by Crippen LogP contribution is 2.26. The molecular weight excluding hydrogens is 245 g/mol. The molecule has 2 rings (SSSR count). The van der Waals surface area contributed by atoms with Crippen molar-refractivity contribution in [1.29, 1.82) is 0 Å². The maximum atomic E-state index is 14.1. The molecule has 1 aromatic rings. The highest BCUT2D eigenvalue weighted by Gasteiger charge is 2.22. The van der Waals surface area contributed by atoms with Gasteiger partial charge in [0.05, 0.1) is 17.9 Å². The van der Waals surface area contributed by atoms with Gasteiger partial charge in [-0.3, -0.25) is 0 Å². The lowest BCUT2D eigenvalue weighted by atomic mass is 10.1. The number of anilines is 1. The Bertz CT molecular complexity index is 421. The minimum absolute atomic E-state index is 0.189. The van der Waals surface area contributed by atoms with Crippen LogP contribution in [-0.2, 0) is 4.74 Å². The van der Waals surface area contributed by atoms with Crippen molar-refractivity contribution in [2.24, 2.45) is 0 Å². The fourth-order valence-electron chi connectivity index (χ4n) is 2.57. The van der Waals surface area contributed by atoms with Crippen LogP contribution in [0.1, 0.15) is 38.4 Å². The number of aliphatic hydroxyl groups is 1. The monoisotopic (exact) mass is 267 g/mol. The molecule has 4 heteroatoms. The molecule has 1 aliphatic heterocycles. The highest BCUT2D eigenvalue weighted by atomic mass is 19.1. The van der Waals surface area contributed by atoms with E-state index in [0.29, 0.717) is 17.9 Å². The zero-order chi connectivity index (χ0) is 13.8. The van der Waals surface area contributed by atoms with Crippen molar-refractivity contribution in [3.8, 4) is 0 Å². The number of aliphatic hydroxyl groups excluding tert-OH is 1. The molecule has 0 aromatic heterocycles. The van der Waals surface area contributed by atoms with Crippen molar-refractivity contribution in [3.63, 3.8) is 0 Å². The van der Waals surface area contributed by atoms with Gasteiger partial charge in [0.2, 0.25) is 0 Å². The Balaban J connectivity index is 2.12. The Hall–Kier alpha value is -1.13. The van der Waals surface area contributed by atoms with Crippen LogP contribution >= 0.6 is 0 Å². The van der Waals surface area contributed by atoms with E-state index in [9.17, 15) is 9.50 Å². The summed E-state index contributed by atoms with van der Waals surface area (Å²) in [5, 5.41) is 9.46. The standard InChI is InChI=1S/C15H22FNO2/c1-3-19-13-5-4-8-17(10-13)15-7-6-12(11(2)18)9-14(15)16/h6-7,9,11,13,18H,3-5,8,10H2,1-2H3/t11-,13?/m0/s1. The lowest BCUT2D eigenvalue weighted by Gasteiger charge is -2.34. The van der Waals surface area contributed by atoms with Crippen molar-refractivity contribution in [2.75, 3.05) is 24.6 Å². The van der Waals surface area contributed by atoms with Crippen molar-refractivity contribution < 1.29 is 14.2 Å². The molecule has 1 N–H and O–H groups in total. The second-order valence-corrected chi connectivity index (χ2v) is 5.05. The zero-order valence-electron chi connectivity index (χ0n) is 11.6. The molecule has 19 heavy (non-hydrogen) atoms. The van der Waals surface area contributed by atoms with Crippen molar-refractivity contribution in [2.45, 2.75) is 38.9 Å². The number of benzene rings is 1. The summed E-state index contributed by atoms with van der Waals surface area (Å²) in [6.45, 7) is 5.91. The predicted octanol–water partition coefficient (Wildman–Crippen LogP) is 2.88. The van der Waals surface area contributed by atoms with Gasteiger partial charge < -0.3 is 14.7 Å². The van der Waals surface area contributed by atoms with E-state index in [-0.39, 0.29) is 11.9 Å². The van der Waals surface area contributed by atoms with E-state index in [1.807, 2.05) is 11.8 Å². The molecule has 1 unspecified atom stereocenters. The number of ether oxygens (including phenoxy) is 1. The van der Waals surface area contributed by atoms with Gasteiger partial charge in [-0.05, 0) is 44.4 Å². The zero-order valence-corrected chi connectivity index (χ0v) is 11.6. The molecule has 1 aromatic carbocycles. The average Bonchev–Trinajstić information content (AvgIpc) is 2.39. The smallest absolute Gasteiger partial charge is 0.146 e.